The lowest BCUT2D eigenvalue weighted by Gasteiger charge is -2.27. The molecule has 1 unspecified atom stereocenters. The van der Waals surface area contributed by atoms with E-state index in [9.17, 15) is 9.90 Å². The van der Waals surface area contributed by atoms with Gasteiger partial charge in [0.1, 0.15) is 11.4 Å². The molecule has 0 aliphatic heterocycles. The summed E-state index contributed by atoms with van der Waals surface area (Å²) < 4.78 is 5.37. The van der Waals surface area contributed by atoms with Crippen LogP contribution in [0.25, 0.3) is 0 Å². The Morgan fingerprint density at radius 2 is 1.42 bits per heavy atom. The second kappa shape index (κ2) is 7.69. The highest BCUT2D eigenvalue weighted by molar-refractivity contribution is 5.90. The van der Waals surface area contributed by atoms with Gasteiger partial charge in [0.25, 0.3) is 0 Å². The van der Waals surface area contributed by atoms with Gasteiger partial charge in [0.2, 0.25) is 0 Å². The fourth-order valence-corrected chi connectivity index (χ4v) is 2.77. The molecule has 0 heterocycles. The molecule has 0 amide bonds. The van der Waals surface area contributed by atoms with Crippen molar-refractivity contribution < 1.29 is 14.6 Å². The third-order valence-electron chi connectivity index (χ3n) is 4.16. The minimum absolute atomic E-state index is 0.139. The van der Waals surface area contributed by atoms with Gasteiger partial charge in [-0.3, -0.25) is 0 Å². The Balaban J connectivity index is 1.84. The van der Waals surface area contributed by atoms with Crippen LogP contribution in [0.3, 0.4) is 0 Å². The van der Waals surface area contributed by atoms with E-state index < -0.39 is 11.6 Å². The van der Waals surface area contributed by atoms with Crippen molar-refractivity contribution in [2.75, 3.05) is 0 Å². The molecule has 26 heavy (non-hydrogen) atoms. The first-order chi connectivity index (χ1) is 12.6. The monoisotopic (exact) mass is 342 g/mol. The molecule has 3 aromatic carbocycles. The van der Waals surface area contributed by atoms with Crippen LogP contribution in [-0.4, -0.2) is 11.1 Å². The van der Waals surface area contributed by atoms with Crippen molar-refractivity contribution in [2.45, 2.75) is 12.0 Å². The highest BCUT2D eigenvalue weighted by Crippen LogP contribution is 2.33. The first kappa shape index (κ1) is 17.5. The van der Waals surface area contributed by atoms with Crippen molar-refractivity contribution in [1.82, 2.24) is 0 Å². The topological polar surface area (TPSA) is 46.5 Å². The molecule has 0 saturated carbocycles. The molecule has 0 spiro atoms. The lowest BCUT2D eigenvalue weighted by molar-refractivity contribution is 0.0734. The third kappa shape index (κ3) is 3.66. The number of aliphatic hydroxyl groups is 1. The van der Waals surface area contributed by atoms with Crippen molar-refractivity contribution in [1.29, 1.82) is 0 Å². The molecule has 128 valence electrons. The molecule has 3 heteroatoms. The van der Waals surface area contributed by atoms with Gasteiger partial charge in [0.15, 0.2) is 0 Å². The first-order valence-corrected chi connectivity index (χ1v) is 8.22. The summed E-state index contributed by atoms with van der Waals surface area (Å²) in [5.41, 5.74) is 0.538. The van der Waals surface area contributed by atoms with Crippen molar-refractivity contribution in [3.63, 3.8) is 0 Å². The highest BCUT2D eigenvalue weighted by Gasteiger charge is 2.30. The largest absolute Gasteiger partial charge is 0.423 e. The number of carbonyl (C=O) groups is 1. The summed E-state index contributed by atoms with van der Waals surface area (Å²) in [5.74, 6) is 2.51. The summed E-state index contributed by atoms with van der Waals surface area (Å²) in [6.07, 6.45) is 5.61. The van der Waals surface area contributed by atoms with E-state index >= 15 is 0 Å². The normalized spacial score (nSPS) is 12.6. The molecular weight excluding hydrogens is 324 g/mol. The number of hydrogen-bond acceptors (Lipinski definition) is 3. The van der Waals surface area contributed by atoms with Crippen LogP contribution in [0.2, 0.25) is 0 Å². The number of terminal acetylenes is 1. The number of ether oxygens (including phenoxy) is 1. The minimum Gasteiger partial charge on any atom is -0.423 e. The van der Waals surface area contributed by atoms with Gasteiger partial charge in [-0.1, -0.05) is 60.7 Å². The van der Waals surface area contributed by atoms with Crippen molar-refractivity contribution in [3.8, 4) is 18.1 Å². The Bertz CT molecular complexity index is 909. The molecule has 3 aromatic rings. The van der Waals surface area contributed by atoms with E-state index in [-0.39, 0.29) is 6.42 Å². The lowest BCUT2D eigenvalue weighted by atomic mass is 9.84. The van der Waals surface area contributed by atoms with Crippen LogP contribution in [0.1, 0.15) is 27.9 Å². The van der Waals surface area contributed by atoms with Gasteiger partial charge in [0, 0.05) is 6.42 Å². The van der Waals surface area contributed by atoms with Gasteiger partial charge < -0.3 is 9.84 Å². The van der Waals surface area contributed by atoms with Crippen LogP contribution in [-0.2, 0) is 5.60 Å². The summed E-state index contributed by atoms with van der Waals surface area (Å²) >= 11 is 0. The smallest absolute Gasteiger partial charge is 0.343 e. The molecular formula is C23H18O3. The van der Waals surface area contributed by atoms with Gasteiger partial charge in [-0.2, -0.15) is 0 Å². The van der Waals surface area contributed by atoms with Crippen molar-refractivity contribution in [3.05, 3.63) is 102 Å². The molecule has 0 aliphatic rings. The maximum Gasteiger partial charge on any atom is 0.343 e. The van der Waals surface area contributed by atoms with E-state index in [0.29, 0.717) is 22.4 Å². The Morgan fingerprint density at radius 3 is 2.00 bits per heavy atom. The molecule has 0 radical (unpaired) electrons. The summed E-state index contributed by atoms with van der Waals surface area (Å²) in [4.78, 5) is 12.1. The molecule has 0 saturated heterocycles. The predicted octanol–water partition coefficient (Wildman–Crippen LogP) is 4.17. The standard InChI is InChI=1S/C23H18O3/c1-2-17-23(25,19-11-7-4-8-12-19)20-13-15-21(16-14-20)26-22(24)18-9-5-3-6-10-18/h1,3-16,25H,17H2. The third-order valence-corrected chi connectivity index (χ3v) is 4.16. The second-order valence-electron chi connectivity index (χ2n) is 5.89. The fourth-order valence-electron chi connectivity index (χ4n) is 2.77. The van der Waals surface area contributed by atoms with Gasteiger partial charge in [-0.25, -0.2) is 4.79 Å². The lowest BCUT2D eigenvalue weighted by Crippen LogP contribution is -2.26. The Morgan fingerprint density at radius 1 is 0.885 bits per heavy atom. The molecule has 1 atom stereocenters. The molecule has 0 aliphatic carbocycles. The number of esters is 1. The maximum absolute atomic E-state index is 12.1. The highest BCUT2D eigenvalue weighted by atomic mass is 16.5. The zero-order valence-electron chi connectivity index (χ0n) is 14.1. The van der Waals surface area contributed by atoms with Gasteiger partial charge >= 0.3 is 5.97 Å². The van der Waals surface area contributed by atoms with Gasteiger partial charge in [-0.15, -0.1) is 12.3 Å². The van der Waals surface area contributed by atoms with Crippen LogP contribution in [0, 0.1) is 12.3 Å². The summed E-state index contributed by atoms with van der Waals surface area (Å²) in [7, 11) is 0. The Hall–Kier alpha value is -3.35. The predicted molar refractivity (Wildman–Crippen MR) is 101 cm³/mol. The molecule has 3 rings (SSSR count). The van der Waals surface area contributed by atoms with E-state index in [2.05, 4.69) is 5.92 Å². The van der Waals surface area contributed by atoms with E-state index in [4.69, 9.17) is 11.2 Å². The molecule has 0 fully saturated rings. The van der Waals surface area contributed by atoms with Crippen LogP contribution in [0.5, 0.6) is 5.75 Å². The van der Waals surface area contributed by atoms with Crippen LogP contribution >= 0.6 is 0 Å². The average molecular weight is 342 g/mol. The number of rotatable bonds is 5. The summed E-state index contributed by atoms with van der Waals surface area (Å²) in [5, 5.41) is 11.2. The number of hydrogen-bond donors (Lipinski definition) is 1. The van der Waals surface area contributed by atoms with Crippen LogP contribution < -0.4 is 4.74 Å². The quantitative estimate of drug-likeness (QED) is 0.430. The van der Waals surface area contributed by atoms with E-state index in [0.717, 1.165) is 0 Å². The Kier molecular flexibility index (Phi) is 5.17. The second-order valence-corrected chi connectivity index (χ2v) is 5.89. The number of benzene rings is 3. The van der Waals surface area contributed by atoms with Gasteiger partial charge in [0.05, 0.1) is 5.56 Å². The molecule has 0 bridgehead atoms. The van der Waals surface area contributed by atoms with Crippen LogP contribution in [0.15, 0.2) is 84.9 Å². The summed E-state index contributed by atoms with van der Waals surface area (Å²) in [6.45, 7) is 0. The first-order valence-electron chi connectivity index (χ1n) is 8.22. The SMILES string of the molecule is C#CCC(O)(c1ccccc1)c1ccc(OC(=O)c2ccccc2)cc1. The van der Waals surface area contributed by atoms with Crippen LogP contribution in [0.4, 0.5) is 0 Å². The van der Waals surface area contributed by atoms with Crippen molar-refractivity contribution >= 4 is 5.97 Å². The molecule has 3 nitrogen and oxygen atoms in total. The van der Waals surface area contributed by atoms with E-state index in [1.165, 1.54) is 0 Å². The number of carbonyl (C=O) groups excluding carboxylic acids is 1. The van der Waals surface area contributed by atoms with Gasteiger partial charge in [-0.05, 0) is 35.4 Å². The minimum atomic E-state index is -1.29. The van der Waals surface area contributed by atoms with E-state index in [1.807, 2.05) is 36.4 Å². The zero-order valence-corrected chi connectivity index (χ0v) is 14.1. The zero-order chi connectivity index (χ0) is 18.4. The van der Waals surface area contributed by atoms with E-state index in [1.54, 1.807) is 48.5 Å². The maximum atomic E-state index is 12.1. The average Bonchev–Trinajstić information content (AvgIpc) is 2.70. The summed E-state index contributed by atoms with van der Waals surface area (Å²) in [6, 6.07) is 24.8. The fraction of sp³-hybridized carbons (Fsp3) is 0.0870. The molecule has 0 aromatic heterocycles. The Labute approximate surface area is 152 Å². The molecule has 1 N–H and O–H groups in total. The van der Waals surface area contributed by atoms with Crippen molar-refractivity contribution in [2.24, 2.45) is 0 Å².